The maximum absolute atomic E-state index is 12.5. The van der Waals surface area contributed by atoms with E-state index in [1.54, 1.807) is 18.2 Å². The number of halogens is 2. The lowest BCUT2D eigenvalue weighted by atomic mass is 10.3. The highest BCUT2D eigenvalue weighted by Gasteiger charge is 2.21. The maximum atomic E-state index is 12.5. The van der Waals surface area contributed by atoms with Gasteiger partial charge in [-0.15, -0.1) is 0 Å². The van der Waals surface area contributed by atoms with Crippen molar-refractivity contribution >= 4 is 53.1 Å². The van der Waals surface area contributed by atoms with Crippen molar-refractivity contribution in [1.29, 1.82) is 0 Å². The van der Waals surface area contributed by atoms with Crippen LogP contribution in [-0.4, -0.2) is 8.42 Å². The van der Waals surface area contributed by atoms with Crippen LogP contribution in [-0.2, 0) is 9.84 Å². The molecule has 0 unspecified atom stereocenters. The van der Waals surface area contributed by atoms with E-state index in [4.69, 9.17) is 11.5 Å². The molecule has 100 valence electrons. The first kappa shape index (κ1) is 14.4. The summed E-state index contributed by atoms with van der Waals surface area (Å²) in [6.07, 6.45) is 0. The van der Waals surface area contributed by atoms with Crippen LogP contribution >= 0.6 is 31.9 Å². The standard InChI is InChI=1S/C12H10Br2N2O2S/c13-9-6-8(2-3-11(9)16)19(17,18)12-4-1-7(15)5-10(12)14/h1-6H,15-16H2. The summed E-state index contributed by atoms with van der Waals surface area (Å²) in [5.41, 5.74) is 12.2. The van der Waals surface area contributed by atoms with Gasteiger partial charge in [0, 0.05) is 20.3 Å². The van der Waals surface area contributed by atoms with Gasteiger partial charge >= 0.3 is 0 Å². The smallest absolute Gasteiger partial charge is 0.207 e. The highest BCUT2D eigenvalue weighted by atomic mass is 79.9. The minimum Gasteiger partial charge on any atom is -0.399 e. The summed E-state index contributed by atoms with van der Waals surface area (Å²) >= 11 is 6.44. The Hall–Kier alpha value is -1.05. The van der Waals surface area contributed by atoms with Gasteiger partial charge in [-0.25, -0.2) is 8.42 Å². The van der Waals surface area contributed by atoms with Crippen molar-refractivity contribution in [1.82, 2.24) is 0 Å². The molecule has 2 aromatic carbocycles. The topological polar surface area (TPSA) is 86.2 Å². The molecule has 0 amide bonds. The number of rotatable bonds is 2. The fraction of sp³-hybridized carbons (Fsp3) is 0. The molecular formula is C12H10Br2N2O2S. The lowest BCUT2D eigenvalue weighted by Gasteiger charge is -2.08. The first-order valence-corrected chi connectivity index (χ1v) is 8.24. The predicted octanol–water partition coefficient (Wildman–Crippen LogP) is 3.21. The molecule has 0 saturated heterocycles. The Labute approximate surface area is 128 Å². The van der Waals surface area contributed by atoms with Crippen molar-refractivity contribution in [2.75, 3.05) is 11.5 Å². The Morgan fingerprint density at radius 2 is 1.58 bits per heavy atom. The summed E-state index contributed by atoms with van der Waals surface area (Å²) in [5, 5.41) is 0. The average molecular weight is 406 g/mol. The van der Waals surface area contributed by atoms with E-state index in [0.29, 0.717) is 20.3 Å². The van der Waals surface area contributed by atoms with Gasteiger partial charge in [-0.1, -0.05) is 0 Å². The van der Waals surface area contributed by atoms with Gasteiger partial charge in [-0.05, 0) is 68.3 Å². The van der Waals surface area contributed by atoms with E-state index in [0.717, 1.165) is 0 Å². The van der Waals surface area contributed by atoms with E-state index in [9.17, 15) is 8.42 Å². The van der Waals surface area contributed by atoms with Crippen LogP contribution in [0.3, 0.4) is 0 Å². The monoisotopic (exact) mass is 404 g/mol. The van der Waals surface area contributed by atoms with Crippen molar-refractivity contribution in [3.05, 3.63) is 45.3 Å². The highest BCUT2D eigenvalue weighted by Crippen LogP contribution is 2.31. The van der Waals surface area contributed by atoms with Crippen LogP contribution in [0.5, 0.6) is 0 Å². The molecule has 0 saturated carbocycles. The molecule has 0 spiro atoms. The first-order valence-electron chi connectivity index (χ1n) is 5.17. The molecule has 4 N–H and O–H groups in total. The van der Waals surface area contributed by atoms with Gasteiger partial charge in [0.05, 0.1) is 9.79 Å². The van der Waals surface area contributed by atoms with Crippen molar-refractivity contribution in [2.24, 2.45) is 0 Å². The first-order chi connectivity index (χ1) is 8.82. The molecule has 0 bridgehead atoms. The number of nitrogens with two attached hydrogens (primary N) is 2. The summed E-state index contributed by atoms with van der Waals surface area (Å²) in [6, 6.07) is 9.07. The summed E-state index contributed by atoms with van der Waals surface area (Å²) in [5.74, 6) is 0. The molecule has 4 nitrogen and oxygen atoms in total. The zero-order chi connectivity index (χ0) is 14.2. The molecule has 2 rings (SSSR count). The molecule has 19 heavy (non-hydrogen) atoms. The van der Waals surface area contributed by atoms with Crippen LogP contribution < -0.4 is 11.5 Å². The number of anilines is 2. The Balaban J connectivity index is 2.62. The normalized spacial score (nSPS) is 11.5. The van der Waals surface area contributed by atoms with Gasteiger partial charge in [0.15, 0.2) is 0 Å². The Bertz CT molecular complexity index is 745. The molecule has 0 aromatic heterocycles. The summed E-state index contributed by atoms with van der Waals surface area (Å²) in [6.45, 7) is 0. The van der Waals surface area contributed by atoms with Gasteiger partial charge in [-0.3, -0.25) is 0 Å². The predicted molar refractivity (Wildman–Crippen MR) is 82.6 cm³/mol. The minimum atomic E-state index is -3.61. The third-order valence-corrected chi connectivity index (χ3v) is 5.94. The second-order valence-electron chi connectivity index (χ2n) is 3.88. The molecule has 0 atom stereocenters. The van der Waals surface area contributed by atoms with Crippen molar-refractivity contribution in [3.8, 4) is 0 Å². The summed E-state index contributed by atoms with van der Waals surface area (Å²) in [7, 11) is -3.61. The van der Waals surface area contributed by atoms with E-state index in [1.807, 2.05) is 0 Å². The summed E-state index contributed by atoms with van der Waals surface area (Å²) in [4.78, 5) is 0.331. The number of sulfone groups is 1. The molecule has 2 aromatic rings. The van der Waals surface area contributed by atoms with Crippen molar-refractivity contribution in [2.45, 2.75) is 9.79 Å². The van der Waals surface area contributed by atoms with Gasteiger partial charge in [-0.2, -0.15) is 0 Å². The lowest BCUT2D eigenvalue weighted by Crippen LogP contribution is -2.04. The zero-order valence-corrected chi connectivity index (χ0v) is 13.6. The van der Waals surface area contributed by atoms with Gasteiger partial charge in [0.2, 0.25) is 9.84 Å². The largest absolute Gasteiger partial charge is 0.399 e. The quantitative estimate of drug-likeness (QED) is 0.751. The van der Waals surface area contributed by atoms with Crippen LogP contribution in [0.2, 0.25) is 0 Å². The fourth-order valence-electron chi connectivity index (χ4n) is 1.54. The van der Waals surface area contributed by atoms with Crippen LogP contribution in [0, 0.1) is 0 Å². The second kappa shape index (κ2) is 5.15. The zero-order valence-electron chi connectivity index (χ0n) is 9.60. The van der Waals surface area contributed by atoms with E-state index in [2.05, 4.69) is 31.9 Å². The second-order valence-corrected chi connectivity index (χ2v) is 7.50. The number of hydrogen-bond acceptors (Lipinski definition) is 4. The molecule has 0 aliphatic rings. The Morgan fingerprint density at radius 1 is 0.895 bits per heavy atom. The van der Waals surface area contributed by atoms with E-state index in [-0.39, 0.29) is 9.79 Å². The minimum absolute atomic E-state index is 0.165. The van der Waals surface area contributed by atoms with E-state index < -0.39 is 9.84 Å². The molecular weight excluding hydrogens is 396 g/mol. The third kappa shape index (κ3) is 2.77. The third-order valence-electron chi connectivity index (χ3n) is 2.53. The van der Waals surface area contributed by atoms with Crippen LogP contribution in [0.1, 0.15) is 0 Å². The lowest BCUT2D eigenvalue weighted by molar-refractivity contribution is 0.595. The van der Waals surface area contributed by atoms with Crippen molar-refractivity contribution in [3.63, 3.8) is 0 Å². The van der Waals surface area contributed by atoms with E-state index in [1.165, 1.54) is 18.2 Å². The number of hydrogen-bond donors (Lipinski definition) is 2. The molecule has 7 heteroatoms. The SMILES string of the molecule is Nc1ccc(S(=O)(=O)c2ccc(N)c(Br)c2)c(Br)c1. The Kier molecular flexibility index (Phi) is 3.89. The number of benzene rings is 2. The van der Waals surface area contributed by atoms with Gasteiger partial charge in [0.25, 0.3) is 0 Å². The Morgan fingerprint density at radius 3 is 2.16 bits per heavy atom. The van der Waals surface area contributed by atoms with E-state index >= 15 is 0 Å². The molecule has 0 heterocycles. The molecule has 0 aliphatic carbocycles. The van der Waals surface area contributed by atoms with Gasteiger partial charge < -0.3 is 11.5 Å². The van der Waals surface area contributed by atoms with Crippen LogP contribution in [0.25, 0.3) is 0 Å². The van der Waals surface area contributed by atoms with Crippen LogP contribution in [0.15, 0.2) is 55.1 Å². The fourth-order valence-corrected chi connectivity index (χ4v) is 4.44. The highest BCUT2D eigenvalue weighted by molar-refractivity contribution is 9.10. The molecule has 0 radical (unpaired) electrons. The molecule has 0 fully saturated rings. The maximum Gasteiger partial charge on any atom is 0.207 e. The summed E-state index contributed by atoms with van der Waals surface area (Å²) < 4.78 is 26.0. The molecule has 0 aliphatic heterocycles. The van der Waals surface area contributed by atoms with Gasteiger partial charge in [0.1, 0.15) is 0 Å². The average Bonchev–Trinajstić information content (AvgIpc) is 2.32. The number of nitrogen functional groups attached to an aromatic ring is 2. The van der Waals surface area contributed by atoms with Crippen molar-refractivity contribution < 1.29 is 8.42 Å². The van der Waals surface area contributed by atoms with Crippen LogP contribution in [0.4, 0.5) is 11.4 Å².